The molecular formula is C16H19N3O3S2. The van der Waals surface area contributed by atoms with Gasteiger partial charge in [0.1, 0.15) is 5.01 Å². The van der Waals surface area contributed by atoms with Gasteiger partial charge in [-0.05, 0) is 25.0 Å². The minimum absolute atomic E-state index is 0.0319. The third-order valence-electron chi connectivity index (χ3n) is 4.22. The molecule has 0 bridgehead atoms. The molecule has 3 rings (SSSR count). The summed E-state index contributed by atoms with van der Waals surface area (Å²) in [6.45, 7) is 0. The van der Waals surface area contributed by atoms with Gasteiger partial charge in [0.2, 0.25) is 5.91 Å². The molecule has 0 N–H and O–H groups in total. The van der Waals surface area contributed by atoms with Crippen LogP contribution in [0.3, 0.4) is 0 Å². The number of sulfone groups is 1. The highest BCUT2D eigenvalue weighted by atomic mass is 32.2. The summed E-state index contributed by atoms with van der Waals surface area (Å²) < 4.78 is 23.1. The van der Waals surface area contributed by atoms with Gasteiger partial charge in [-0.3, -0.25) is 9.78 Å². The summed E-state index contributed by atoms with van der Waals surface area (Å²) in [7, 11) is -1.29. The number of hydrogen-bond acceptors (Lipinski definition) is 6. The van der Waals surface area contributed by atoms with Gasteiger partial charge in [-0.1, -0.05) is 0 Å². The Hall–Kier alpha value is -1.80. The lowest BCUT2D eigenvalue weighted by Gasteiger charge is -2.23. The molecule has 1 unspecified atom stereocenters. The first kappa shape index (κ1) is 17.0. The van der Waals surface area contributed by atoms with Crippen LogP contribution in [0.4, 0.5) is 0 Å². The minimum Gasteiger partial charge on any atom is -0.342 e. The van der Waals surface area contributed by atoms with Gasteiger partial charge in [0.05, 0.1) is 17.2 Å². The first-order valence-electron chi connectivity index (χ1n) is 7.75. The molecule has 3 heterocycles. The lowest BCUT2D eigenvalue weighted by molar-refractivity contribution is -0.131. The van der Waals surface area contributed by atoms with Crippen molar-refractivity contribution in [1.29, 1.82) is 0 Å². The smallest absolute Gasteiger partial charge is 0.222 e. The zero-order chi connectivity index (χ0) is 17.2. The molecular weight excluding hydrogens is 346 g/mol. The Labute approximate surface area is 145 Å². The van der Waals surface area contributed by atoms with E-state index in [2.05, 4.69) is 9.97 Å². The van der Waals surface area contributed by atoms with Crippen molar-refractivity contribution in [3.05, 3.63) is 35.6 Å². The van der Waals surface area contributed by atoms with Crippen molar-refractivity contribution in [2.75, 3.05) is 18.6 Å². The van der Waals surface area contributed by atoms with Gasteiger partial charge < -0.3 is 4.90 Å². The molecule has 0 spiro atoms. The van der Waals surface area contributed by atoms with Crippen molar-refractivity contribution < 1.29 is 13.2 Å². The van der Waals surface area contributed by atoms with Gasteiger partial charge in [-0.15, -0.1) is 11.3 Å². The fourth-order valence-electron chi connectivity index (χ4n) is 2.74. The van der Waals surface area contributed by atoms with Crippen molar-refractivity contribution in [3.63, 3.8) is 0 Å². The van der Waals surface area contributed by atoms with Gasteiger partial charge in [-0.25, -0.2) is 13.4 Å². The Balaban J connectivity index is 1.56. The molecule has 0 saturated carbocycles. The third-order valence-corrected chi connectivity index (χ3v) is 6.91. The fourth-order valence-corrected chi connectivity index (χ4v) is 5.38. The number of pyridine rings is 1. The minimum atomic E-state index is -2.98. The fraction of sp³-hybridized carbons (Fsp3) is 0.438. The molecule has 1 aliphatic rings. The van der Waals surface area contributed by atoms with Gasteiger partial charge in [-0.2, -0.15) is 0 Å². The lowest BCUT2D eigenvalue weighted by atomic mass is 10.2. The van der Waals surface area contributed by atoms with E-state index in [1.54, 1.807) is 35.7 Å². The number of rotatable bonds is 5. The average Bonchev–Trinajstić information content (AvgIpc) is 3.19. The van der Waals surface area contributed by atoms with Crippen molar-refractivity contribution in [3.8, 4) is 10.6 Å². The average molecular weight is 365 g/mol. The number of hydrogen-bond donors (Lipinski definition) is 0. The quantitative estimate of drug-likeness (QED) is 0.807. The Morgan fingerprint density at radius 2 is 2.12 bits per heavy atom. The van der Waals surface area contributed by atoms with Crippen LogP contribution in [0.5, 0.6) is 0 Å². The van der Waals surface area contributed by atoms with E-state index in [0.717, 1.165) is 16.3 Å². The van der Waals surface area contributed by atoms with Crippen LogP contribution >= 0.6 is 11.3 Å². The maximum Gasteiger partial charge on any atom is 0.222 e. The maximum absolute atomic E-state index is 12.3. The van der Waals surface area contributed by atoms with Gasteiger partial charge in [0.25, 0.3) is 0 Å². The molecule has 0 radical (unpaired) electrons. The maximum atomic E-state index is 12.3. The molecule has 1 atom stereocenters. The van der Waals surface area contributed by atoms with E-state index >= 15 is 0 Å². The SMILES string of the molecule is CN(C(=O)CCc1csc(-c2ccncc2)n1)C1CCS(=O)(=O)C1. The van der Waals surface area contributed by atoms with Crippen LogP contribution in [0.25, 0.3) is 10.6 Å². The van der Waals surface area contributed by atoms with Crippen molar-refractivity contribution >= 4 is 27.1 Å². The summed E-state index contributed by atoms with van der Waals surface area (Å²) in [5.74, 6) is 0.227. The van der Waals surface area contributed by atoms with E-state index in [9.17, 15) is 13.2 Å². The summed E-state index contributed by atoms with van der Waals surface area (Å²) >= 11 is 1.54. The van der Waals surface area contributed by atoms with Gasteiger partial charge in [0.15, 0.2) is 9.84 Å². The summed E-state index contributed by atoms with van der Waals surface area (Å²) in [6, 6.07) is 3.62. The molecule has 1 saturated heterocycles. The Kier molecular flexibility index (Phi) is 4.96. The number of aryl methyl sites for hydroxylation is 1. The molecule has 1 aliphatic heterocycles. The normalized spacial score (nSPS) is 19.3. The van der Waals surface area contributed by atoms with Crippen molar-refractivity contribution in [2.24, 2.45) is 0 Å². The van der Waals surface area contributed by atoms with E-state index < -0.39 is 9.84 Å². The lowest BCUT2D eigenvalue weighted by Crippen LogP contribution is -2.37. The molecule has 1 fully saturated rings. The standard InChI is InChI=1S/C16H19N3O3S2/c1-19(14-6-9-24(21,22)11-14)15(20)3-2-13-10-23-16(18-13)12-4-7-17-8-5-12/h4-5,7-8,10,14H,2-3,6,9,11H2,1H3. The second-order valence-electron chi connectivity index (χ2n) is 5.94. The number of amides is 1. The Morgan fingerprint density at radius 1 is 1.38 bits per heavy atom. The highest BCUT2D eigenvalue weighted by molar-refractivity contribution is 7.91. The van der Waals surface area contributed by atoms with Crippen LogP contribution in [-0.2, 0) is 21.1 Å². The van der Waals surface area contributed by atoms with E-state index in [1.165, 1.54) is 0 Å². The Bertz CT molecular complexity index is 818. The molecule has 24 heavy (non-hydrogen) atoms. The monoisotopic (exact) mass is 365 g/mol. The third kappa shape index (κ3) is 3.99. The first-order valence-corrected chi connectivity index (χ1v) is 10.5. The molecule has 2 aromatic rings. The highest BCUT2D eigenvalue weighted by Crippen LogP contribution is 2.24. The van der Waals surface area contributed by atoms with Gasteiger partial charge >= 0.3 is 0 Å². The van der Waals surface area contributed by atoms with Crippen LogP contribution in [0, 0.1) is 0 Å². The van der Waals surface area contributed by atoms with E-state index in [0.29, 0.717) is 19.3 Å². The molecule has 1 amide bonds. The summed E-state index contributed by atoms with van der Waals surface area (Å²) in [5, 5.41) is 2.87. The summed E-state index contributed by atoms with van der Waals surface area (Å²) in [4.78, 5) is 22.4. The largest absolute Gasteiger partial charge is 0.342 e. The van der Waals surface area contributed by atoms with Gasteiger partial charge in [0, 0.05) is 42.8 Å². The summed E-state index contributed by atoms with van der Waals surface area (Å²) in [5.41, 5.74) is 1.90. The number of aromatic nitrogens is 2. The van der Waals surface area contributed by atoms with Crippen molar-refractivity contribution in [2.45, 2.75) is 25.3 Å². The first-order chi connectivity index (χ1) is 11.4. The van der Waals surface area contributed by atoms with E-state index in [-0.39, 0.29) is 23.5 Å². The van der Waals surface area contributed by atoms with Crippen LogP contribution in [0.15, 0.2) is 29.9 Å². The molecule has 128 valence electrons. The van der Waals surface area contributed by atoms with Crippen LogP contribution in [0.2, 0.25) is 0 Å². The predicted octanol–water partition coefficient (Wildman–Crippen LogP) is 1.78. The molecule has 2 aromatic heterocycles. The number of carbonyl (C=O) groups excluding carboxylic acids is 1. The zero-order valence-electron chi connectivity index (χ0n) is 13.4. The predicted molar refractivity (Wildman–Crippen MR) is 93.5 cm³/mol. The summed E-state index contributed by atoms with van der Waals surface area (Å²) in [6.07, 6.45) is 4.89. The molecule has 6 nitrogen and oxygen atoms in total. The van der Waals surface area contributed by atoms with Crippen LogP contribution < -0.4 is 0 Å². The molecule has 8 heteroatoms. The topological polar surface area (TPSA) is 80.2 Å². The molecule has 0 aliphatic carbocycles. The second kappa shape index (κ2) is 6.98. The highest BCUT2D eigenvalue weighted by Gasteiger charge is 2.32. The van der Waals surface area contributed by atoms with E-state index in [4.69, 9.17) is 0 Å². The number of thiazole rings is 1. The molecule has 0 aromatic carbocycles. The number of carbonyl (C=O) groups is 1. The van der Waals surface area contributed by atoms with E-state index in [1.807, 2.05) is 17.5 Å². The second-order valence-corrected chi connectivity index (χ2v) is 9.03. The van der Waals surface area contributed by atoms with Crippen LogP contribution in [0.1, 0.15) is 18.5 Å². The van der Waals surface area contributed by atoms with Crippen LogP contribution in [-0.4, -0.2) is 53.8 Å². The number of nitrogens with zero attached hydrogens (tertiary/aromatic N) is 3. The Morgan fingerprint density at radius 3 is 2.79 bits per heavy atom. The van der Waals surface area contributed by atoms with Crippen molar-refractivity contribution in [1.82, 2.24) is 14.9 Å². The zero-order valence-corrected chi connectivity index (χ0v) is 15.0.